The van der Waals surface area contributed by atoms with Gasteiger partial charge in [-0.1, -0.05) is 13.8 Å². The van der Waals surface area contributed by atoms with Crippen LogP contribution in [0.5, 0.6) is 0 Å². The Labute approximate surface area is 88.7 Å². The van der Waals surface area contributed by atoms with Crippen LogP contribution in [-0.4, -0.2) is 13.1 Å². The van der Waals surface area contributed by atoms with E-state index in [9.17, 15) is 0 Å². The first-order valence-corrected chi connectivity index (χ1v) is 6.46. The van der Waals surface area contributed by atoms with Crippen molar-refractivity contribution in [3.63, 3.8) is 0 Å². The van der Waals surface area contributed by atoms with E-state index >= 15 is 0 Å². The summed E-state index contributed by atoms with van der Waals surface area (Å²) in [6.07, 6.45) is 7.36. The van der Waals surface area contributed by atoms with Gasteiger partial charge in [-0.2, -0.15) is 0 Å². The third kappa shape index (κ3) is 2.50. The van der Waals surface area contributed by atoms with E-state index in [-0.39, 0.29) is 0 Å². The summed E-state index contributed by atoms with van der Waals surface area (Å²) in [7, 11) is 0. The Morgan fingerprint density at radius 1 is 0.786 bits per heavy atom. The third-order valence-electron chi connectivity index (χ3n) is 4.27. The second-order valence-electron chi connectivity index (χ2n) is 5.76. The lowest BCUT2D eigenvalue weighted by atomic mass is 9.69. The molecule has 1 aliphatic carbocycles. The maximum absolute atomic E-state index is 3.48. The van der Waals surface area contributed by atoms with Gasteiger partial charge in [0.25, 0.3) is 0 Å². The van der Waals surface area contributed by atoms with E-state index in [1.54, 1.807) is 0 Å². The van der Waals surface area contributed by atoms with Crippen molar-refractivity contribution in [2.24, 2.45) is 23.7 Å². The van der Waals surface area contributed by atoms with Crippen LogP contribution in [0.4, 0.5) is 0 Å². The first-order chi connectivity index (χ1) is 6.75. The van der Waals surface area contributed by atoms with Gasteiger partial charge < -0.3 is 5.32 Å². The highest BCUT2D eigenvalue weighted by molar-refractivity contribution is 4.82. The van der Waals surface area contributed by atoms with Crippen LogP contribution in [0, 0.1) is 23.7 Å². The first kappa shape index (κ1) is 10.5. The quantitative estimate of drug-likeness (QED) is 0.678. The number of hydrogen-bond acceptors (Lipinski definition) is 1. The molecule has 2 atom stereocenters. The van der Waals surface area contributed by atoms with Gasteiger partial charge in [0.05, 0.1) is 0 Å². The van der Waals surface area contributed by atoms with Crippen LogP contribution < -0.4 is 5.32 Å². The highest BCUT2D eigenvalue weighted by Gasteiger charge is 2.30. The second-order valence-corrected chi connectivity index (χ2v) is 5.76. The van der Waals surface area contributed by atoms with Crippen LogP contribution in [0.1, 0.15) is 46.0 Å². The van der Waals surface area contributed by atoms with Gasteiger partial charge in [0.15, 0.2) is 0 Å². The number of nitrogens with one attached hydrogen (secondary N) is 1. The van der Waals surface area contributed by atoms with Crippen molar-refractivity contribution in [1.29, 1.82) is 0 Å². The molecule has 0 bridgehead atoms. The molecular formula is C13H25N. The number of rotatable bonds is 1. The predicted octanol–water partition coefficient (Wildman–Crippen LogP) is 3.06. The monoisotopic (exact) mass is 195 g/mol. The molecule has 0 aromatic carbocycles. The molecule has 2 rings (SSSR count). The zero-order valence-electron chi connectivity index (χ0n) is 9.76. The van der Waals surface area contributed by atoms with Gasteiger partial charge in [0.1, 0.15) is 0 Å². The molecule has 1 nitrogen and oxygen atoms in total. The number of piperidine rings is 1. The number of hydrogen-bond donors (Lipinski definition) is 1. The fourth-order valence-corrected chi connectivity index (χ4v) is 3.71. The summed E-state index contributed by atoms with van der Waals surface area (Å²) in [6.45, 7) is 7.43. The minimum atomic E-state index is 0.985. The van der Waals surface area contributed by atoms with Crippen molar-refractivity contribution in [2.75, 3.05) is 13.1 Å². The molecule has 0 amide bonds. The summed E-state index contributed by atoms with van der Waals surface area (Å²) in [5.41, 5.74) is 0. The van der Waals surface area contributed by atoms with Crippen LogP contribution in [-0.2, 0) is 0 Å². The molecule has 0 aromatic heterocycles. The van der Waals surface area contributed by atoms with Crippen molar-refractivity contribution in [3.05, 3.63) is 0 Å². The molecule has 1 aliphatic heterocycles. The minimum Gasteiger partial charge on any atom is -0.317 e. The Morgan fingerprint density at radius 2 is 1.36 bits per heavy atom. The van der Waals surface area contributed by atoms with E-state index in [1.165, 1.54) is 45.2 Å². The predicted molar refractivity (Wildman–Crippen MR) is 61.3 cm³/mol. The van der Waals surface area contributed by atoms with Crippen LogP contribution in [0.25, 0.3) is 0 Å². The Balaban J connectivity index is 1.88. The molecule has 1 heterocycles. The molecule has 1 saturated carbocycles. The molecule has 2 fully saturated rings. The van der Waals surface area contributed by atoms with E-state index in [1.807, 2.05) is 0 Å². The molecule has 1 N–H and O–H groups in total. The lowest BCUT2D eigenvalue weighted by molar-refractivity contribution is 0.137. The highest BCUT2D eigenvalue weighted by Crippen LogP contribution is 2.39. The van der Waals surface area contributed by atoms with Crippen molar-refractivity contribution >= 4 is 0 Å². The molecule has 1 heteroatoms. The Kier molecular flexibility index (Phi) is 3.48. The smallest absolute Gasteiger partial charge is 0.00462 e. The van der Waals surface area contributed by atoms with Crippen LogP contribution in [0.15, 0.2) is 0 Å². The zero-order chi connectivity index (χ0) is 9.97. The van der Waals surface area contributed by atoms with Gasteiger partial charge in [-0.3, -0.25) is 0 Å². The molecule has 0 spiro atoms. The van der Waals surface area contributed by atoms with Crippen molar-refractivity contribution in [2.45, 2.75) is 46.0 Å². The summed E-state index contributed by atoms with van der Waals surface area (Å²) in [5, 5.41) is 3.48. The lowest BCUT2D eigenvalue weighted by Crippen LogP contribution is -2.34. The molecule has 0 radical (unpaired) electrons. The van der Waals surface area contributed by atoms with Crippen molar-refractivity contribution < 1.29 is 0 Å². The van der Waals surface area contributed by atoms with E-state index in [2.05, 4.69) is 19.2 Å². The van der Waals surface area contributed by atoms with Gasteiger partial charge in [0.2, 0.25) is 0 Å². The Bertz CT molecular complexity index is 162. The highest BCUT2D eigenvalue weighted by atomic mass is 14.9. The topological polar surface area (TPSA) is 12.0 Å². The van der Waals surface area contributed by atoms with Crippen LogP contribution in [0.2, 0.25) is 0 Å². The Hall–Kier alpha value is -0.0400. The molecule has 2 aliphatic rings. The van der Waals surface area contributed by atoms with E-state index < -0.39 is 0 Å². The molecular weight excluding hydrogens is 170 g/mol. The van der Waals surface area contributed by atoms with Gasteiger partial charge >= 0.3 is 0 Å². The third-order valence-corrected chi connectivity index (χ3v) is 4.27. The fourth-order valence-electron chi connectivity index (χ4n) is 3.71. The zero-order valence-corrected chi connectivity index (χ0v) is 9.76. The van der Waals surface area contributed by atoms with Gasteiger partial charge in [-0.05, 0) is 68.9 Å². The average molecular weight is 195 g/mol. The van der Waals surface area contributed by atoms with E-state index in [4.69, 9.17) is 0 Å². The van der Waals surface area contributed by atoms with Crippen molar-refractivity contribution in [1.82, 2.24) is 5.32 Å². The van der Waals surface area contributed by atoms with E-state index in [0.717, 1.165) is 23.7 Å². The first-order valence-electron chi connectivity index (χ1n) is 6.46. The van der Waals surface area contributed by atoms with Gasteiger partial charge in [-0.25, -0.2) is 0 Å². The molecule has 14 heavy (non-hydrogen) atoms. The Morgan fingerprint density at radius 3 is 1.93 bits per heavy atom. The summed E-state index contributed by atoms with van der Waals surface area (Å²) >= 11 is 0. The normalized spacial score (nSPS) is 41.1. The molecule has 1 saturated heterocycles. The lowest BCUT2D eigenvalue weighted by Gasteiger charge is -2.38. The van der Waals surface area contributed by atoms with Gasteiger partial charge in [-0.15, -0.1) is 0 Å². The minimum absolute atomic E-state index is 0.985. The molecule has 82 valence electrons. The van der Waals surface area contributed by atoms with Crippen LogP contribution in [0.3, 0.4) is 0 Å². The maximum atomic E-state index is 3.48. The summed E-state index contributed by atoms with van der Waals surface area (Å²) in [6, 6.07) is 0. The summed E-state index contributed by atoms with van der Waals surface area (Å²) in [4.78, 5) is 0. The molecule has 2 unspecified atom stereocenters. The van der Waals surface area contributed by atoms with E-state index in [0.29, 0.717) is 0 Å². The van der Waals surface area contributed by atoms with Crippen LogP contribution >= 0.6 is 0 Å². The average Bonchev–Trinajstić information content (AvgIpc) is 2.18. The van der Waals surface area contributed by atoms with Crippen molar-refractivity contribution in [3.8, 4) is 0 Å². The largest absolute Gasteiger partial charge is 0.317 e. The SMILES string of the molecule is CC1CC(C)CC(C2CCNCC2)C1. The summed E-state index contributed by atoms with van der Waals surface area (Å²) in [5.74, 6) is 4.06. The second kappa shape index (κ2) is 4.65. The molecule has 0 aromatic rings. The maximum Gasteiger partial charge on any atom is -0.00462 e. The fraction of sp³-hybridized carbons (Fsp3) is 1.00. The summed E-state index contributed by atoms with van der Waals surface area (Å²) < 4.78 is 0. The standard InChI is InChI=1S/C13H25N/c1-10-7-11(2)9-13(8-10)12-3-5-14-6-4-12/h10-14H,3-9H2,1-2H3. The van der Waals surface area contributed by atoms with Gasteiger partial charge in [0, 0.05) is 0 Å².